The van der Waals surface area contributed by atoms with Crippen molar-refractivity contribution < 1.29 is 9.84 Å². The quantitative estimate of drug-likeness (QED) is 0.444. The highest BCUT2D eigenvalue weighted by molar-refractivity contribution is 6.31. The van der Waals surface area contributed by atoms with E-state index in [1.807, 2.05) is 55.1 Å². The summed E-state index contributed by atoms with van der Waals surface area (Å²) in [6, 6.07) is 9.97. The summed E-state index contributed by atoms with van der Waals surface area (Å²) in [6.07, 6.45) is 9.49. The maximum Gasteiger partial charge on any atom is 0.146 e. The molecule has 31 heavy (non-hydrogen) atoms. The van der Waals surface area contributed by atoms with Gasteiger partial charge in [0.25, 0.3) is 0 Å². The van der Waals surface area contributed by atoms with Crippen LogP contribution in [0.4, 0.5) is 0 Å². The molecule has 6 nitrogen and oxygen atoms in total. The minimum atomic E-state index is 0.0936. The number of para-hydroxylation sites is 1. The van der Waals surface area contributed by atoms with Crippen LogP contribution in [0.3, 0.4) is 0 Å². The number of fused-ring (bicyclic) bond motifs is 1. The number of aromatic nitrogens is 4. The fourth-order valence-corrected chi connectivity index (χ4v) is 3.74. The summed E-state index contributed by atoms with van der Waals surface area (Å²) in [6.45, 7) is 2.34. The van der Waals surface area contributed by atoms with E-state index in [0.717, 1.165) is 39.0 Å². The van der Waals surface area contributed by atoms with Crippen LogP contribution in [0.25, 0.3) is 28.2 Å². The van der Waals surface area contributed by atoms with Gasteiger partial charge in [0.05, 0.1) is 10.7 Å². The number of ether oxygens (including phenoxy) is 1. The van der Waals surface area contributed by atoms with Gasteiger partial charge in [0, 0.05) is 60.0 Å². The number of halogens is 1. The fourth-order valence-electron chi connectivity index (χ4n) is 3.52. The van der Waals surface area contributed by atoms with E-state index in [0.29, 0.717) is 17.2 Å². The zero-order chi connectivity index (χ0) is 21.8. The molecule has 0 amide bonds. The zero-order valence-corrected chi connectivity index (χ0v) is 18.2. The number of aliphatic hydroxyl groups is 1. The average Bonchev–Trinajstić information content (AvgIpc) is 3.18. The number of benzene rings is 1. The van der Waals surface area contributed by atoms with E-state index in [2.05, 4.69) is 16.1 Å². The van der Waals surface area contributed by atoms with E-state index in [9.17, 15) is 0 Å². The number of nitrogens with zero attached hydrogens (tertiary/aromatic N) is 4. The third-order valence-electron chi connectivity index (χ3n) is 5.03. The minimum absolute atomic E-state index is 0.0936. The molecule has 4 aromatic rings. The lowest BCUT2D eigenvalue weighted by atomic mass is 10.0. The normalized spacial score (nSPS) is 11.5. The van der Waals surface area contributed by atoms with Crippen molar-refractivity contribution in [2.24, 2.45) is 7.05 Å². The number of pyridine rings is 2. The molecule has 158 valence electrons. The Morgan fingerprint density at radius 3 is 2.87 bits per heavy atom. The molecule has 0 unspecified atom stereocenters. The molecule has 0 aliphatic heterocycles. The second-order valence-electron chi connectivity index (χ2n) is 7.20. The van der Waals surface area contributed by atoms with Gasteiger partial charge in [-0.3, -0.25) is 9.67 Å². The average molecular weight is 435 g/mol. The number of aryl methyl sites for hydroxylation is 2. The van der Waals surface area contributed by atoms with Gasteiger partial charge in [0.15, 0.2) is 0 Å². The molecule has 0 aliphatic carbocycles. The van der Waals surface area contributed by atoms with Gasteiger partial charge in [-0.05, 0) is 31.5 Å². The van der Waals surface area contributed by atoms with Gasteiger partial charge >= 0.3 is 0 Å². The molecular weight excluding hydrogens is 412 g/mol. The van der Waals surface area contributed by atoms with Crippen LogP contribution in [0.2, 0.25) is 5.02 Å². The minimum Gasteiger partial charge on any atom is -0.487 e. The van der Waals surface area contributed by atoms with Crippen molar-refractivity contribution in [3.05, 3.63) is 76.8 Å². The van der Waals surface area contributed by atoms with E-state index in [1.165, 1.54) is 0 Å². The van der Waals surface area contributed by atoms with Crippen molar-refractivity contribution in [3.8, 4) is 17.0 Å². The predicted octanol–water partition coefficient (Wildman–Crippen LogP) is 4.97. The van der Waals surface area contributed by atoms with Crippen LogP contribution in [0.15, 0.2) is 55.0 Å². The highest BCUT2D eigenvalue weighted by atomic mass is 35.5. The molecule has 0 atom stereocenters. The van der Waals surface area contributed by atoms with Gasteiger partial charge in [-0.2, -0.15) is 5.10 Å². The molecule has 0 fully saturated rings. The van der Waals surface area contributed by atoms with Crippen LogP contribution in [-0.2, 0) is 13.7 Å². The molecule has 0 radical (unpaired) electrons. The Morgan fingerprint density at radius 1 is 1.23 bits per heavy atom. The van der Waals surface area contributed by atoms with Crippen LogP contribution in [0, 0.1) is 6.92 Å². The number of hydrogen-bond donors (Lipinski definition) is 1. The monoisotopic (exact) mass is 434 g/mol. The van der Waals surface area contributed by atoms with E-state index < -0.39 is 0 Å². The van der Waals surface area contributed by atoms with Crippen molar-refractivity contribution in [1.29, 1.82) is 0 Å². The first-order chi connectivity index (χ1) is 15.1. The third kappa shape index (κ3) is 4.45. The lowest BCUT2D eigenvalue weighted by Gasteiger charge is -2.14. The number of rotatable bonds is 7. The molecule has 4 rings (SSSR count). The molecule has 3 heterocycles. The van der Waals surface area contributed by atoms with E-state index in [-0.39, 0.29) is 13.2 Å². The standard InChI is InChI=1S/C24H23ClN4O2/c1-16-12-19(22-9-10-27-29(22)2)18-7-5-8-23(24(18)28-16)31-15-20-17(6-3-4-11-30)13-26-14-21(20)25/h3,5-10,12-14,30H,4,11,15H2,1-2H3. The lowest BCUT2D eigenvalue weighted by molar-refractivity contribution is 0.303. The van der Waals surface area contributed by atoms with Gasteiger partial charge in [-0.25, -0.2) is 4.98 Å². The lowest BCUT2D eigenvalue weighted by Crippen LogP contribution is -2.02. The summed E-state index contributed by atoms with van der Waals surface area (Å²) >= 11 is 6.41. The molecule has 0 aliphatic rings. The van der Waals surface area contributed by atoms with Crippen LogP contribution < -0.4 is 4.74 Å². The van der Waals surface area contributed by atoms with Crippen molar-refractivity contribution in [2.45, 2.75) is 20.0 Å². The maximum absolute atomic E-state index is 9.02. The summed E-state index contributed by atoms with van der Waals surface area (Å²) in [4.78, 5) is 8.92. The molecule has 0 saturated carbocycles. The molecule has 0 saturated heterocycles. The Balaban J connectivity index is 1.71. The Morgan fingerprint density at radius 2 is 2.10 bits per heavy atom. The van der Waals surface area contributed by atoms with Crippen molar-refractivity contribution >= 4 is 28.6 Å². The summed E-state index contributed by atoms with van der Waals surface area (Å²) in [5.74, 6) is 0.683. The summed E-state index contributed by atoms with van der Waals surface area (Å²) < 4.78 is 8.06. The highest BCUT2D eigenvalue weighted by Gasteiger charge is 2.14. The molecule has 1 N–H and O–H groups in total. The number of hydrogen-bond acceptors (Lipinski definition) is 5. The van der Waals surface area contributed by atoms with Crippen molar-refractivity contribution in [2.75, 3.05) is 6.61 Å². The zero-order valence-electron chi connectivity index (χ0n) is 17.4. The second kappa shape index (κ2) is 9.29. The smallest absolute Gasteiger partial charge is 0.146 e. The first kappa shape index (κ1) is 21.0. The summed E-state index contributed by atoms with van der Waals surface area (Å²) in [7, 11) is 1.93. The Hall–Kier alpha value is -3.22. The van der Waals surface area contributed by atoms with E-state index in [4.69, 9.17) is 26.4 Å². The second-order valence-corrected chi connectivity index (χ2v) is 7.60. The van der Waals surface area contributed by atoms with Crippen LogP contribution in [0.5, 0.6) is 5.75 Å². The van der Waals surface area contributed by atoms with Crippen LogP contribution in [0.1, 0.15) is 23.2 Å². The molecular formula is C24H23ClN4O2. The van der Waals surface area contributed by atoms with Crippen molar-refractivity contribution in [1.82, 2.24) is 19.7 Å². The molecule has 0 bridgehead atoms. The molecule has 7 heteroatoms. The first-order valence-electron chi connectivity index (χ1n) is 10.00. The van der Waals surface area contributed by atoms with E-state index in [1.54, 1.807) is 18.6 Å². The van der Waals surface area contributed by atoms with Gasteiger partial charge in [0.2, 0.25) is 0 Å². The fraction of sp³-hybridized carbons (Fsp3) is 0.208. The van der Waals surface area contributed by atoms with Gasteiger partial charge in [-0.1, -0.05) is 35.9 Å². The SMILES string of the molecule is Cc1cc(-c2ccnn2C)c2cccc(OCc3c(Cl)cncc3C=CCCO)c2n1. The topological polar surface area (TPSA) is 73.1 Å². The van der Waals surface area contributed by atoms with Crippen molar-refractivity contribution in [3.63, 3.8) is 0 Å². The number of aliphatic hydroxyl groups excluding tert-OH is 1. The largest absolute Gasteiger partial charge is 0.487 e. The van der Waals surface area contributed by atoms with Gasteiger partial charge in [0.1, 0.15) is 17.9 Å². The van der Waals surface area contributed by atoms with Gasteiger partial charge < -0.3 is 9.84 Å². The maximum atomic E-state index is 9.02. The van der Waals surface area contributed by atoms with Crippen LogP contribution >= 0.6 is 11.6 Å². The third-order valence-corrected chi connectivity index (χ3v) is 5.36. The summed E-state index contributed by atoms with van der Waals surface area (Å²) in [5.41, 5.74) is 5.46. The molecule has 1 aromatic carbocycles. The molecule has 3 aromatic heterocycles. The Bertz CT molecular complexity index is 1250. The van der Waals surface area contributed by atoms with Gasteiger partial charge in [-0.15, -0.1) is 0 Å². The predicted molar refractivity (Wildman–Crippen MR) is 123 cm³/mol. The molecule has 0 spiro atoms. The first-order valence-corrected chi connectivity index (χ1v) is 10.4. The Labute approximate surface area is 185 Å². The summed E-state index contributed by atoms with van der Waals surface area (Å²) in [5, 5.41) is 14.9. The van der Waals surface area contributed by atoms with E-state index >= 15 is 0 Å². The Kier molecular flexibility index (Phi) is 6.30. The highest BCUT2D eigenvalue weighted by Crippen LogP contribution is 2.33. The van der Waals surface area contributed by atoms with Crippen LogP contribution in [-0.4, -0.2) is 31.5 Å².